The summed E-state index contributed by atoms with van der Waals surface area (Å²) in [6.07, 6.45) is 0.847. The molecule has 1 saturated carbocycles. The summed E-state index contributed by atoms with van der Waals surface area (Å²) in [7, 11) is 0. The number of aliphatic hydroxyl groups excluding tert-OH is 2. The van der Waals surface area contributed by atoms with Crippen molar-refractivity contribution < 1.29 is 24.8 Å². The van der Waals surface area contributed by atoms with E-state index < -0.39 is 12.4 Å². The summed E-state index contributed by atoms with van der Waals surface area (Å²) in [6.45, 7) is 2.99. The van der Waals surface area contributed by atoms with Crippen LogP contribution in [-0.4, -0.2) is 67.2 Å². The van der Waals surface area contributed by atoms with Crippen LogP contribution < -0.4 is 16.0 Å². The molecule has 0 aromatic heterocycles. The fourth-order valence-corrected chi connectivity index (χ4v) is 3.39. The molecule has 8 nitrogen and oxygen atoms in total. The van der Waals surface area contributed by atoms with Crippen LogP contribution >= 0.6 is 11.6 Å². The maximum absolute atomic E-state index is 10.6. The zero-order valence-electron chi connectivity index (χ0n) is 15.7. The van der Waals surface area contributed by atoms with Gasteiger partial charge in [0.05, 0.1) is 37.1 Å². The van der Waals surface area contributed by atoms with Crippen LogP contribution in [0.4, 0.5) is 11.4 Å². The van der Waals surface area contributed by atoms with E-state index in [-0.39, 0.29) is 5.57 Å². The van der Waals surface area contributed by atoms with Crippen LogP contribution in [0.3, 0.4) is 0 Å². The summed E-state index contributed by atoms with van der Waals surface area (Å²) in [6, 6.07) is 3.86. The molecule has 6 N–H and O–H groups in total. The number of hydrogen-bond acceptors (Lipinski definition) is 8. The zero-order valence-corrected chi connectivity index (χ0v) is 16.4. The molecule has 28 heavy (non-hydrogen) atoms. The van der Waals surface area contributed by atoms with E-state index in [0.717, 1.165) is 18.5 Å². The van der Waals surface area contributed by atoms with E-state index in [1.165, 1.54) is 0 Å². The second-order valence-corrected chi connectivity index (χ2v) is 7.28. The van der Waals surface area contributed by atoms with Gasteiger partial charge in [0.15, 0.2) is 6.29 Å². The van der Waals surface area contributed by atoms with Gasteiger partial charge in [0.1, 0.15) is 6.10 Å². The monoisotopic (exact) mass is 413 g/mol. The molecule has 1 fully saturated rings. The van der Waals surface area contributed by atoms with E-state index in [0.29, 0.717) is 61.8 Å². The van der Waals surface area contributed by atoms with E-state index in [2.05, 4.69) is 5.32 Å². The molecule has 0 amide bonds. The SMILES string of the molecule is NCCOCCOCCNc1cc2c(cc1Cl)N(C1CC1)C=C(C(O)O)C2O. The first-order valence-electron chi connectivity index (χ1n) is 9.50. The van der Waals surface area contributed by atoms with Crippen LogP contribution in [0.2, 0.25) is 5.02 Å². The molecule has 1 aliphatic heterocycles. The molecule has 1 atom stereocenters. The third kappa shape index (κ3) is 5.15. The first-order valence-corrected chi connectivity index (χ1v) is 9.87. The second-order valence-electron chi connectivity index (χ2n) is 6.87. The van der Waals surface area contributed by atoms with Crippen molar-refractivity contribution in [2.45, 2.75) is 31.3 Å². The van der Waals surface area contributed by atoms with Gasteiger partial charge in [0.2, 0.25) is 0 Å². The third-order valence-corrected chi connectivity index (χ3v) is 5.04. The first-order chi connectivity index (χ1) is 13.5. The van der Waals surface area contributed by atoms with Crippen molar-refractivity contribution in [2.24, 2.45) is 5.73 Å². The Morgan fingerprint density at radius 2 is 1.89 bits per heavy atom. The Bertz CT molecular complexity index is 696. The highest BCUT2D eigenvalue weighted by atomic mass is 35.5. The minimum Gasteiger partial charge on any atom is -0.384 e. The van der Waals surface area contributed by atoms with Crippen molar-refractivity contribution in [2.75, 3.05) is 49.7 Å². The van der Waals surface area contributed by atoms with E-state index in [4.69, 9.17) is 26.8 Å². The summed E-state index contributed by atoms with van der Waals surface area (Å²) >= 11 is 6.43. The topological polar surface area (TPSA) is 120 Å². The number of nitrogens with zero attached hydrogens (tertiary/aromatic N) is 1. The van der Waals surface area contributed by atoms with Gasteiger partial charge < -0.3 is 40.7 Å². The maximum atomic E-state index is 10.6. The summed E-state index contributed by atoms with van der Waals surface area (Å²) in [5.41, 5.74) is 7.55. The van der Waals surface area contributed by atoms with Crippen LogP contribution in [0.5, 0.6) is 0 Å². The van der Waals surface area contributed by atoms with Gasteiger partial charge in [0, 0.05) is 42.2 Å². The minimum atomic E-state index is -1.72. The smallest absolute Gasteiger partial charge is 0.178 e. The number of anilines is 2. The lowest BCUT2D eigenvalue weighted by Gasteiger charge is -2.34. The summed E-state index contributed by atoms with van der Waals surface area (Å²) < 4.78 is 10.7. The number of nitrogens with one attached hydrogen (secondary N) is 1. The number of halogens is 1. The molecule has 0 spiro atoms. The summed E-state index contributed by atoms with van der Waals surface area (Å²) in [5.74, 6) is 0. The normalized spacial score (nSPS) is 19.0. The van der Waals surface area contributed by atoms with Gasteiger partial charge in [-0.15, -0.1) is 0 Å². The molecule has 1 aromatic rings. The molecule has 1 heterocycles. The Kier molecular flexibility index (Phi) is 7.53. The Morgan fingerprint density at radius 3 is 2.54 bits per heavy atom. The number of hydrogen-bond donors (Lipinski definition) is 5. The minimum absolute atomic E-state index is 0.161. The van der Waals surface area contributed by atoms with Crippen LogP contribution in [-0.2, 0) is 9.47 Å². The van der Waals surface area contributed by atoms with Crippen molar-refractivity contribution in [3.8, 4) is 0 Å². The van der Waals surface area contributed by atoms with Crippen molar-refractivity contribution in [1.82, 2.24) is 0 Å². The molecule has 156 valence electrons. The van der Waals surface area contributed by atoms with Gasteiger partial charge in [-0.3, -0.25) is 0 Å². The fourth-order valence-electron chi connectivity index (χ4n) is 3.16. The average molecular weight is 414 g/mol. The largest absolute Gasteiger partial charge is 0.384 e. The number of aliphatic hydroxyl groups is 3. The second kappa shape index (κ2) is 9.89. The van der Waals surface area contributed by atoms with Gasteiger partial charge >= 0.3 is 0 Å². The number of fused-ring (bicyclic) bond motifs is 1. The van der Waals surface area contributed by atoms with Crippen LogP contribution in [0.15, 0.2) is 23.9 Å². The van der Waals surface area contributed by atoms with E-state index in [1.807, 2.05) is 4.90 Å². The number of ether oxygens (including phenoxy) is 2. The molecule has 1 aliphatic carbocycles. The highest BCUT2D eigenvalue weighted by Crippen LogP contribution is 2.45. The van der Waals surface area contributed by atoms with Gasteiger partial charge in [-0.25, -0.2) is 0 Å². The standard InChI is InChI=1S/C19H28ClN3O5/c20-15-10-17-13(9-16(15)22-4-6-28-8-7-27-5-3-21)18(24)14(19(25)26)11-23(17)12-1-2-12/h9-12,18-19,22,24-26H,1-8,21H2. The predicted molar refractivity (Wildman–Crippen MR) is 107 cm³/mol. The average Bonchev–Trinajstić information content (AvgIpc) is 3.49. The summed E-state index contributed by atoms with van der Waals surface area (Å²) in [5, 5.41) is 33.6. The Balaban J connectivity index is 1.63. The van der Waals surface area contributed by atoms with E-state index in [9.17, 15) is 15.3 Å². The van der Waals surface area contributed by atoms with Gasteiger partial charge in [-0.05, 0) is 25.0 Å². The molecule has 9 heteroatoms. The van der Waals surface area contributed by atoms with Crippen LogP contribution in [0.25, 0.3) is 0 Å². The molecule has 3 rings (SSSR count). The lowest BCUT2D eigenvalue weighted by Crippen LogP contribution is -2.30. The van der Waals surface area contributed by atoms with Gasteiger partial charge in [-0.2, -0.15) is 0 Å². The molecular formula is C19H28ClN3O5. The number of nitrogens with two attached hydrogens (primary N) is 1. The van der Waals surface area contributed by atoms with E-state index in [1.54, 1.807) is 18.3 Å². The van der Waals surface area contributed by atoms with Crippen molar-refractivity contribution in [3.05, 3.63) is 34.5 Å². The molecule has 1 unspecified atom stereocenters. The maximum Gasteiger partial charge on any atom is 0.178 e. The van der Waals surface area contributed by atoms with Crippen LogP contribution in [0.1, 0.15) is 24.5 Å². The Morgan fingerprint density at radius 1 is 1.18 bits per heavy atom. The lowest BCUT2D eigenvalue weighted by molar-refractivity contribution is -0.0253. The first kappa shape index (κ1) is 21.3. The zero-order chi connectivity index (χ0) is 20.1. The van der Waals surface area contributed by atoms with Crippen molar-refractivity contribution >= 4 is 23.0 Å². The van der Waals surface area contributed by atoms with Crippen molar-refractivity contribution in [3.63, 3.8) is 0 Å². The highest BCUT2D eigenvalue weighted by molar-refractivity contribution is 6.33. The number of rotatable bonds is 11. The lowest BCUT2D eigenvalue weighted by atomic mass is 9.95. The quantitative estimate of drug-likeness (QED) is 0.269. The molecule has 1 aromatic carbocycles. The van der Waals surface area contributed by atoms with Gasteiger partial charge in [0.25, 0.3) is 0 Å². The number of benzene rings is 1. The third-order valence-electron chi connectivity index (χ3n) is 4.73. The highest BCUT2D eigenvalue weighted by Gasteiger charge is 2.36. The molecule has 0 radical (unpaired) electrons. The van der Waals surface area contributed by atoms with Crippen molar-refractivity contribution in [1.29, 1.82) is 0 Å². The Hall–Kier alpha value is -1.39. The molecule has 2 aliphatic rings. The van der Waals surface area contributed by atoms with Crippen LogP contribution in [0, 0.1) is 0 Å². The molecule has 0 saturated heterocycles. The van der Waals surface area contributed by atoms with E-state index >= 15 is 0 Å². The summed E-state index contributed by atoms with van der Waals surface area (Å²) in [4.78, 5) is 1.97. The molecular weight excluding hydrogens is 386 g/mol. The molecule has 0 bridgehead atoms. The van der Waals surface area contributed by atoms with Gasteiger partial charge in [-0.1, -0.05) is 11.6 Å². The predicted octanol–water partition coefficient (Wildman–Crippen LogP) is 0.954. The fraction of sp³-hybridized carbons (Fsp3) is 0.579. The Labute approximate surface area is 169 Å².